The van der Waals surface area contributed by atoms with Crippen LogP contribution in [0.25, 0.3) is 0 Å². The van der Waals surface area contributed by atoms with Crippen molar-refractivity contribution in [1.82, 2.24) is 19.6 Å². The second kappa shape index (κ2) is 9.27. The molecule has 2 saturated carbocycles. The van der Waals surface area contributed by atoms with Gasteiger partial charge in [-0.2, -0.15) is 5.10 Å². The molecule has 0 radical (unpaired) electrons. The molecule has 2 aliphatic heterocycles. The molecule has 1 aromatic carbocycles. The number of anilines is 1. The average molecular weight is 552 g/mol. The zero-order valence-corrected chi connectivity index (χ0v) is 23.3. The summed E-state index contributed by atoms with van der Waals surface area (Å²) in [5.74, 6) is 0.231. The highest BCUT2D eigenvalue weighted by atomic mass is 19.1. The molecule has 214 valence electrons. The fourth-order valence-electron chi connectivity index (χ4n) is 7.49. The summed E-state index contributed by atoms with van der Waals surface area (Å²) >= 11 is 0. The smallest absolute Gasteiger partial charge is 0.274 e. The van der Waals surface area contributed by atoms with Crippen LogP contribution in [0.3, 0.4) is 0 Å². The quantitative estimate of drug-likeness (QED) is 0.590. The third kappa shape index (κ3) is 4.05. The molecule has 3 aliphatic carbocycles. The van der Waals surface area contributed by atoms with E-state index in [1.807, 2.05) is 24.8 Å². The number of benzene rings is 1. The lowest BCUT2D eigenvalue weighted by molar-refractivity contribution is -0.135. The third-order valence-corrected chi connectivity index (χ3v) is 10.4. The summed E-state index contributed by atoms with van der Waals surface area (Å²) in [5, 5.41) is 24.6. The molecule has 4 fully saturated rings. The molecule has 0 bridgehead atoms. The van der Waals surface area contributed by atoms with E-state index in [0.29, 0.717) is 55.7 Å². The number of likely N-dealkylation sites (tertiary alicyclic amines) is 1. The number of aromatic nitrogens is 2. The minimum atomic E-state index is -0.603. The number of amides is 2. The summed E-state index contributed by atoms with van der Waals surface area (Å²) in [5.41, 5.74) is 4.95. The van der Waals surface area contributed by atoms with E-state index in [-0.39, 0.29) is 42.2 Å². The predicted molar refractivity (Wildman–Crippen MR) is 146 cm³/mol. The molecule has 2 amide bonds. The molecule has 10 heteroatoms. The van der Waals surface area contributed by atoms with Crippen LogP contribution in [0.1, 0.15) is 64.5 Å². The number of piperidine rings is 1. The first kappa shape index (κ1) is 26.0. The van der Waals surface area contributed by atoms with Gasteiger partial charge in [0.2, 0.25) is 5.91 Å². The SMILES string of the molecule is Cc1c(F)ccc(N2CCN(C(=O)Cn3nc(C(=O)N4CCC(O)C(CO)C4)c4c3C[C@@H]3C[C@H]43)C3(CC3)C2)c1C. The summed E-state index contributed by atoms with van der Waals surface area (Å²) in [6.45, 7) is 6.52. The number of halogens is 1. The Hall–Kier alpha value is -2.98. The van der Waals surface area contributed by atoms with E-state index in [1.165, 1.54) is 6.07 Å². The van der Waals surface area contributed by atoms with Gasteiger partial charge in [0.1, 0.15) is 12.4 Å². The fourth-order valence-corrected chi connectivity index (χ4v) is 7.49. The fraction of sp³-hybridized carbons (Fsp3) is 0.633. The van der Waals surface area contributed by atoms with Crippen LogP contribution in [-0.2, 0) is 17.8 Å². The van der Waals surface area contributed by atoms with Crippen LogP contribution in [0.5, 0.6) is 0 Å². The molecule has 40 heavy (non-hydrogen) atoms. The Bertz CT molecular complexity index is 1390. The number of fused-ring (bicyclic) bond motifs is 3. The molecule has 2 unspecified atom stereocenters. The van der Waals surface area contributed by atoms with Crippen molar-refractivity contribution in [1.29, 1.82) is 0 Å². The predicted octanol–water partition coefficient (Wildman–Crippen LogP) is 2.00. The molecule has 2 saturated heterocycles. The molecular weight excluding hydrogens is 513 g/mol. The van der Waals surface area contributed by atoms with Gasteiger partial charge in [0.05, 0.1) is 18.2 Å². The van der Waals surface area contributed by atoms with Crippen LogP contribution in [-0.4, -0.2) is 92.6 Å². The van der Waals surface area contributed by atoms with E-state index >= 15 is 0 Å². The lowest BCUT2D eigenvalue weighted by Gasteiger charge is -2.44. The number of carbonyl (C=O) groups excluding carboxylic acids is 2. The van der Waals surface area contributed by atoms with Gasteiger partial charge in [0, 0.05) is 55.6 Å². The van der Waals surface area contributed by atoms with Gasteiger partial charge in [0.15, 0.2) is 5.69 Å². The maximum Gasteiger partial charge on any atom is 0.274 e. The summed E-state index contributed by atoms with van der Waals surface area (Å²) in [4.78, 5) is 33.4. The van der Waals surface area contributed by atoms with Crippen molar-refractivity contribution >= 4 is 17.5 Å². The number of carbonyl (C=O) groups is 2. The zero-order valence-electron chi connectivity index (χ0n) is 23.3. The number of hydrogen-bond donors (Lipinski definition) is 2. The molecule has 3 heterocycles. The van der Waals surface area contributed by atoms with Crippen LogP contribution in [0.2, 0.25) is 0 Å². The standard InChI is InChI=1S/C30H38FN5O4/c1-17-18(2)23(4-3-22(17)31)34-9-10-35(30(16-34)6-7-30)26(39)14-36-24-12-19-11-21(19)27(24)28(32-36)29(40)33-8-5-25(38)20(13-33)15-37/h3-4,19-21,25,37-38H,5-16H2,1-2H3/t19-,20?,21-,25?/m0/s1. The minimum Gasteiger partial charge on any atom is -0.396 e. The molecule has 7 rings (SSSR count). The number of rotatable bonds is 5. The molecule has 2 N–H and O–H groups in total. The Morgan fingerprint density at radius 1 is 1.15 bits per heavy atom. The van der Waals surface area contributed by atoms with Gasteiger partial charge < -0.3 is 24.9 Å². The number of aliphatic hydroxyl groups excluding tert-OH is 2. The number of piperazine rings is 1. The van der Waals surface area contributed by atoms with E-state index < -0.39 is 6.10 Å². The normalized spacial score (nSPS) is 28.1. The summed E-state index contributed by atoms with van der Waals surface area (Å²) in [6.07, 6.45) is 3.66. The molecule has 4 atom stereocenters. The first-order valence-corrected chi connectivity index (χ1v) is 14.7. The van der Waals surface area contributed by atoms with E-state index in [4.69, 9.17) is 5.10 Å². The second-order valence-corrected chi connectivity index (χ2v) is 12.7. The Kier molecular flexibility index (Phi) is 6.02. The largest absolute Gasteiger partial charge is 0.396 e. The van der Waals surface area contributed by atoms with Crippen molar-refractivity contribution in [3.05, 3.63) is 46.0 Å². The van der Waals surface area contributed by atoms with Gasteiger partial charge in [0.25, 0.3) is 5.91 Å². The average Bonchev–Trinajstić information content (AvgIpc) is 3.83. The summed E-state index contributed by atoms with van der Waals surface area (Å²) < 4.78 is 15.9. The van der Waals surface area contributed by atoms with Crippen LogP contribution < -0.4 is 4.90 Å². The molecule has 1 aromatic heterocycles. The molecule has 1 spiro atoms. The van der Waals surface area contributed by atoms with Crippen LogP contribution in [0.15, 0.2) is 12.1 Å². The third-order valence-electron chi connectivity index (χ3n) is 10.4. The first-order valence-electron chi connectivity index (χ1n) is 14.7. The van der Waals surface area contributed by atoms with Crippen molar-refractivity contribution in [3.8, 4) is 0 Å². The van der Waals surface area contributed by atoms with Gasteiger partial charge >= 0.3 is 0 Å². The van der Waals surface area contributed by atoms with Crippen molar-refractivity contribution in [3.63, 3.8) is 0 Å². The first-order chi connectivity index (χ1) is 19.2. The van der Waals surface area contributed by atoms with Crippen molar-refractivity contribution < 1.29 is 24.2 Å². The topological polar surface area (TPSA) is 102 Å². The van der Waals surface area contributed by atoms with Gasteiger partial charge in [-0.1, -0.05) is 0 Å². The van der Waals surface area contributed by atoms with E-state index in [9.17, 15) is 24.2 Å². The van der Waals surface area contributed by atoms with Crippen LogP contribution in [0, 0.1) is 31.5 Å². The molecule has 5 aliphatic rings. The van der Waals surface area contributed by atoms with Gasteiger partial charge in [-0.05, 0) is 81.0 Å². The number of nitrogens with zero attached hydrogens (tertiary/aromatic N) is 5. The Morgan fingerprint density at radius 3 is 2.70 bits per heavy atom. The van der Waals surface area contributed by atoms with Gasteiger partial charge in [-0.3, -0.25) is 14.3 Å². The highest BCUT2D eigenvalue weighted by Crippen LogP contribution is 2.57. The number of hydrogen-bond acceptors (Lipinski definition) is 6. The maximum absolute atomic E-state index is 14.1. The van der Waals surface area contributed by atoms with E-state index in [2.05, 4.69) is 4.90 Å². The van der Waals surface area contributed by atoms with Gasteiger partial charge in [-0.15, -0.1) is 0 Å². The molecule has 9 nitrogen and oxygen atoms in total. The maximum atomic E-state index is 14.1. The number of aliphatic hydroxyl groups is 2. The Labute approximate surface area is 233 Å². The highest BCUT2D eigenvalue weighted by molar-refractivity contribution is 5.95. The van der Waals surface area contributed by atoms with Crippen molar-refractivity contribution in [2.45, 2.75) is 70.1 Å². The Balaban J connectivity index is 1.09. The lowest BCUT2D eigenvalue weighted by atomic mass is 9.95. The Morgan fingerprint density at radius 2 is 1.95 bits per heavy atom. The highest BCUT2D eigenvalue weighted by Gasteiger charge is 2.54. The van der Waals surface area contributed by atoms with E-state index in [0.717, 1.165) is 54.7 Å². The van der Waals surface area contributed by atoms with Crippen molar-refractivity contribution in [2.24, 2.45) is 11.8 Å². The lowest BCUT2D eigenvalue weighted by Crippen LogP contribution is -2.58. The van der Waals surface area contributed by atoms with E-state index in [1.54, 1.807) is 9.58 Å². The van der Waals surface area contributed by atoms with Crippen molar-refractivity contribution in [2.75, 3.05) is 44.2 Å². The summed E-state index contributed by atoms with van der Waals surface area (Å²) in [6, 6.07) is 3.39. The molecule has 2 aromatic rings. The minimum absolute atomic E-state index is 0.0375. The monoisotopic (exact) mass is 551 g/mol. The second-order valence-electron chi connectivity index (χ2n) is 12.7. The van der Waals surface area contributed by atoms with Crippen LogP contribution >= 0.6 is 0 Å². The molecular formula is C30H38FN5O4. The summed E-state index contributed by atoms with van der Waals surface area (Å²) in [7, 11) is 0. The zero-order chi connectivity index (χ0) is 27.9. The van der Waals surface area contributed by atoms with Crippen LogP contribution in [0.4, 0.5) is 10.1 Å². The van der Waals surface area contributed by atoms with Gasteiger partial charge in [-0.25, -0.2) is 4.39 Å².